The van der Waals surface area contributed by atoms with E-state index in [-0.39, 0.29) is 0 Å². The average Bonchev–Trinajstić information content (AvgIpc) is 3.19. The van der Waals surface area contributed by atoms with Gasteiger partial charge >= 0.3 is 0 Å². The summed E-state index contributed by atoms with van der Waals surface area (Å²) in [4.78, 5) is 5.59. The Kier molecular flexibility index (Phi) is 6.57. The van der Waals surface area contributed by atoms with Gasteiger partial charge in [0.15, 0.2) is 0 Å². The quantitative estimate of drug-likeness (QED) is 0.139. The van der Waals surface area contributed by atoms with E-state index in [0.29, 0.717) is 0 Å². The van der Waals surface area contributed by atoms with Gasteiger partial charge in [-0.1, -0.05) is 170 Å². The minimum Gasteiger partial charge on any atom is -0.247 e. The molecule has 0 aliphatic rings. The number of fused-ring (bicyclic) bond motifs is 6. The Balaban J connectivity index is 1.39. The lowest BCUT2D eigenvalue weighted by Crippen LogP contribution is -1.96. The molecule has 50 heavy (non-hydrogen) atoms. The first-order valence-corrected chi connectivity index (χ1v) is 17.2. The predicted molar refractivity (Wildman–Crippen MR) is 214 cm³/mol. The molecule has 0 unspecified atom stereocenters. The van der Waals surface area contributed by atoms with E-state index in [9.17, 15) is 0 Å². The lowest BCUT2D eigenvalue weighted by molar-refractivity contribution is 1.40. The summed E-state index contributed by atoms with van der Waals surface area (Å²) in [5, 5.41) is 11.0. The van der Waals surface area contributed by atoms with E-state index in [2.05, 4.69) is 188 Å². The summed E-state index contributed by atoms with van der Waals surface area (Å²) < 4.78 is 0. The summed E-state index contributed by atoms with van der Waals surface area (Å²) in [6.07, 6.45) is 0. The van der Waals surface area contributed by atoms with Gasteiger partial charge in [-0.2, -0.15) is 0 Å². The zero-order valence-electron chi connectivity index (χ0n) is 27.3. The van der Waals surface area contributed by atoms with Gasteiger partial charge in [0.25, 0.3) is 0 Å². The first kappa shape index (κ1) is 28.4. The standard InChI is InChI=1S/C49H31N/c1-3-16-33(17-4-1)43-31-45(34-18-5-2-6-19-34)50-49-44(30-36-21-9-10-22-38(36)48(43)49)47-41-25-13-11-23-39(41)46(40-24-12-14-26-42(40)47)37-28-27-32-15-7-8-20-35(32)29-37/h1-31H. The molecule has 0 amide bonds. The average molecular weight is 634 g/mol. The third kappa shape index (κ3) is 4.52. The molecular weight excluding hydrogens is 603 g/mol. The van der Waals surface area contributed by atoms with E-state index in [1.54, 1.807) is 0 Å². The van der Waals surface area contributed by atoms with Crippen molar-refractivity contribution in [1.29, 1.82) is 0 Å². The molecule has 0 spiro atoms. The molecule has 0 bridgehead atoms. The van der Waals surface area contributed by atoms with Gasteiger partial charge in [-0.25, -0.2) is 4.98 Å². The van der Waals surface area contributed by atoms with Crippen LogP contribution in [0, 0.1) is 0 Å². The summed E-state index contributed by atoms with van der Waals surface area (Å²) in [6, 6.07) is 68.1. The summed E-state index contributed by atoms with van der Waals surface area (Å²) in [5.41, 5.74) is 10.3. The highest BCUT2D eigenvalue weighted by Gasteiger charge is 2.22. The number of hydrogen-bond acceptors (Lipinski definition) is 1. The van der Waals surface area contributed by atoms with Gasteiger partial charge < -0.3 is 0 Å². The molecule has 10 aromatic rings. The van der Waals surface area contributed by atoms with Crippen molar-refractivity contribution in [3.05, 3.63) is 188 Å². The maximum Gasteiger partial charge on any atom is 0.0801 e. The van der Waals surface area contributed by atoms with Crippen LogP contribution in [0.2, 0.25) is 0 Å². The van der Waals surface area contributed by atoms with Crippen LogP contribution in [0.4, 0.5) is 0 Å². The molecule has 9 aromatic carbocycles. The maximum atomic E-state index is 5.59. The Morgan fingerprint density at radius 3 is 1.48 bits per heavy atom. The highest BCUT2D eigenvalue weighted by atomic mass is 14.7. The third-order valence-electron chi connectivity index (χ3n) is 10.2. The fourth-order valence-corrected chi connectivity index (χ4v) is 7.95. The Bertz CT molecular complexity index is 2850. The van der Waals surface area contributed by atoms with Crippen LogP contribution in [0.3, 0.4) is 0 Å². The molecular formula is C49H31N. The molecule has 1 heteroatoms. The number of nitrogens with zero attached hydrogens (tertiary/aromatic N) is 1. The second kappa shape index (κ2) is 11.5. The molecule has 0 saturated heterocycles. The summed E-state index contributed by atoms with van der Waals surface area (Å²) in [5.74, 6) is 0. The summed E-state index contributed by atoms with van der Waals surface area (Å²) in [6.45, 7) is 0. The highest BCUT2D eigenvalue weighted by Crippen LogP contribution is 2.48. The molecule has 1 nitrogen and oxygen atoms in total. The zero-order chi connectivity index (χ0) is 33.0. The van der Waals surface area contributed by atoms with E-state index >= 15 is 0 Å². The normalized spacial score (nSPS) is 11.6. The number of benzene rings is 9. The van der Waals surface area contributed by atoms with Crippen molar-refractivity contribution in [3.63, 3.8) is 0 Å². The van der Waals surface area contributed by atoms with E-state index in [1.165, 1.54) is 76.3 Å². The Morgan fingerprint density at radius 2 is 0.820 bits per heavy atom. The van der Waals surface area contributed by atoms with Crippen LogP contribution >= 0.6 is 0 Å². The van der Waals surface area contributed by atoms with Gasteiger partial charge in [-0.05, 0) is 89.1 Å². The predicted octanol–water partition coefficient (Wildman–Crippen LogP) is 13.5. The van der Waals surface area contributed by atoms with Crippen molar-refractivity contribution in [2.45, 2.75) is 0 Å². The zero-order valence-corrected chi connectivity index (χ0v) is 27.3. The molecule has 1 aromatic heterocycles. The van der Waals surface area contributed by atoms with Gasteiger partial charge in [0.05, 0.1) is 11.2 Å². The van der Waals surface area contributed by atoms with Gasteiger partial charge in [-0.15, -0.1) is 0 Å². The fourth-order valence-electron chi connectivity index (χ4n) is 7.95. The molecule has 0 aliphatic carbocycles. The van der Waals surface area contributed by atoms with Crippen LogP contribution in [0.15, 0.2) is 188 Å². The minimum absolute atomic E-state index is 0.967. The lowest BCUT2D eigenvalue weighted by Gasteiger charge is -2.21. The number of rotatable bonds is 4. The molecule has 0 N–H and O–H groups in total. The fraction of sp³-hybridized carbons (Fsp3) is 0. The van der Waals surface area contributed by atoms with Crippen LogP contribution in [0.25, 0.3) is 98.6 Å². The van der Waals surface area contributed by atoms with Gasteiger partial charge in [0.1, 0.15) is 0 Å². The summed E-state index contributed by atoms with van der Waals surface area (Å²) in [7, 11) is 0. The first-order valence-electron chi connectivity index (χ1n) is 17.2. The Labute approximate surface area is 290 Å². The monoisotopic (exact) mass is 633 g/mol. The lowest BCUT2D eigenvalue weighted by atomic mass is 9.83. The molecule has 10 rings (SSSR count). The van der Waals surface area contributed by atoms with Crippen LogP contribution in [0.5, 0.6) is 0 Å². The first-order chi connectivity index (χ1) is 24.8. The van der Waals surface area contributed by atoms with Crippen LogP contribution in [-0.2, 0) is 0 Å². The largest absolute Gasteiger partial charge is 0.247 e. The second-order valence-corrected chi connectivity index (χ2v) is 13.1. The molecule has 0 radical (unpaired) electrons. The molecule has 1 heterocycles. The van der Waals surface area contributed by atoms with Crippen molar-refractivity contribution in [2.75, 3.05) is 0 Å². The van der Waals surface area contributed by atoms with E-state index in [1.807, 2.05) is 0 Å². The van der Waals surface area contributed by atoms with Gasteiger partial charge in [0.2, 0.25) is 0 Å². The number of hydrogen-bond donors (Lipinski definition) is 0. The summed E-state index contributed by atoms with van der Waals surface area (Å²) >= 11 is 0. The topological polar surface area (TPSA) is 12.9 Å². The Morgan fingerprint density at radius 1 is 0.300 bits per heavy atom. The van der Waals surface area contributed by atoms with Crippen LogP contribution in [0.1, 0.15) is 0 Å². The molecule has 0 atom stereocenters. The van der Waals surface area contributed by atoms with E-state index < -0.39 is 0 Å². The molecule has 0 aliphatic heterocycles. The SMILES string of the molecule is c1ccc(-c2cc(-c3ccccc3)c3c(n2)c(-c2c4ccccc4c(-c4ccc5ccccc5c4)c4ccccc24)cc2ccccc23)cc1. The van der Waals surface area contributed by atoms with Crippen molar-refractivity contribution < 1.29 is 0 Å². The number of aromatic nitrogens is 1. The van der Waals surface area contributed by atoms with Crippen molar-refractivity contribution in [1.82, 2.24) is 4.98 Å². The number of pyridine rings is 1. The van der Waals surface area contributed by atoms with Crippen LogP contribution in [-0.4, -0.2) is 4.98 Å². The molecule has 0 saturated carbocycles. The minimum atomic E-state index is 0.967. The van der Waals surface area contributed by atoms with E-state index in [4.69, 9.17) is 4.98 Å². The third-order valence-corrected chi connectivity index (χ3v) is 10.2. The van der Waals surface area contributed by atoms with Crippen LogP contribution < -0.4 is 0 Å². The smallest absolute Gasteiger partial charge is 0.0801 e. The highest BCUT2D eigenvalue weighted by molar-refractivity contribution is 6.27. The van der Waals surface area contributed by atoms with Crippen molar-refractivity contribution in [2.24, 2.45) is 0 Å². The second-order valence-electron chi connectivity index (χ2n) is 13.1. The molecule has 0 fully saturated rings. The van der Waals surface area contributed by atoms with Gasteiger partial charge in [0, 0.05) is 16.5 Å². The maximum absolute atomic E-state index is 5.59. The van der Waals surface area contributed by atoms with E-state index in [0.717, 1.165) is 22.3 Å². The van der Waals surface area contributed by atoms with Gasteiger partial charge in [-0.3, -0.25) is 0 Å². The van der Waals surface area contributed by atoms with Crippen molar-refractivity contribution >= 4 is 54.0 Å². The Hall–Kier alpha value is -6.57. The molecule has 232 valence electrons. The van der Waals surface area contributed by atoms with Crippen molar-refractivity contribution in [3.8, 4) is 44.6 Å².